The minimum absolute atomic E-state index is 0.522. The summed E-state index contributed by atoms with van der Waals surface area (Å²) >= 11 is 0. The van der Waals surface area contributed by atoms with E-state index in [2.05, 4.69) is 5.32 Å². The molecule has 1 unspecified atom stereocenters. The van der Waals surface area contributed by atoms with Gasteiger partial charge in [0.05, 0.1) is 14.2 Å². The van der Waals surface area contributed by atoms with E-state index in [-0.39, 0.29) is 0 Å². The summed E-state index contributed by atoms with van der Waals surface area (Å²) in [4.78, 5) is 11.1. The fourth-order valence-corrected chi connectivity index (χ4v) is 1.58. The Labute approximate surface area is 100 Å². The fourth-order valence-electron chi connectivity index (χ4n) is 1.58. The molecule has 1 aromatic carbocycles. The number of rotatable bonds is 6. The molecule has 0 aromatic heterocycles. The molecule has 2 N–H and O–H groups in total. The number of carbonyl (C=O) groups is 1. The Morgan fingerprint density at radius 3 is 2.47 bits per heavy atom. The summed E-state index contributed by atoms with van der Waals surface area (Å²) in [7, 11) is 3.06. The lowest BCUT2D eigenvalue weighted by molar-refractivity contribution is -0.139. The largest absolute Gasteiger partial charge is 0.493 e. The van der Waals surface area contributed by atoms with Gasteiger partial charge in [-0.2, -0.15) is 0 Å². The number of benzene rings is 1. The number of methoxy groups -OCH3 is 2. The molecule has 5 heteroatoms. The number of aliphatic carboxylic acids is 1. The number of hydrogen-bond donors (Lipinski definition) is 2. The third-order valence-corrected chi connectivity index (χ3v) is 2.40. The van der Waals surface area contributed by atoms with Crippen LogP contribution in [0, 0.1) is 0 Å². The number of nitrogens with one attached hydrogen (secondary N) is 1. The topological polar surface area (TPSA) is 67.8 Å². The van der Waals surface area contributed by atoms with E-state index in [1.165, 1.54) is 14.2 Å². The summed E-state index contributed by atoms with van der Waals surface area (Å²) in [5.74, 6) is 0.185. The Morgan fingerprint density at radius 1 is 1.35 bits per heavy atom. The number of hydrogen-bond acceptors (Lipinski definition) is 4. The molecule has 94 valence electrons. The maximum absolute atomic E-state index is 11.1. The lowest BCUT2D eigenvalue weighted by Crippen LogP contribution is -2.28. The molecule has 0 fully saturated rings. The summed E-state index contributed by atoms with van der Waals surface area (Å²) in [5, 5.41) is 12.0. The van der Waals surface area contributed by atoms with Crippen LogP contribution in [-0.2, 0) is 4.79 Å². The Morgan fingerprint density at radius 2 is 2.00 bits per heavy atom. The van der Waals surface area contributed by atoms with E-state index < -0.39 is 12.0 Å². The Bertz CT molecular complexity index is 392. The number of carboxylic acid groups (broad SMARTS) is 1. The van der Waals surface area contributed by atoms with Gasteiger partial charge in [-0.1, -0.05) is 13.0 Å². The monoisotopic (exact) mass is 239 g/mol. The zero-order valence-electron chi connectivity index (χ0n) is 10.2. The van der Waals surface area contributed by atoms with Crippen LogP contribution in [0.5, 0.6) is 11.5 Å². The standard InChI is InChI=1S/C12H17NO4/c1-4-13-11(12(14)15)8-5-6-9(16-2)10(7-8)17-3/h5-7,11,13H,4H2,1-3H3,(H,14,15). The molecule has 1 atom stereocenters. The highest BCUT2D eigenvalue weighted by Crippen LogP contribution is 2.29. The van der Waals surface area contributed by atoms with Gasteiger partial charge in [0.1, 0.15) is 6.04 Å². The molecule has 0 radical (unpaired) electrons. The molecule has 0 saturated heterocycles. The van der Waals surface area contributed by atoms with E-state index in [4.69, 9.17) is 14.6 Å². The maximum Gasteiger partial charge on any atom is 0.325 e. The predicted octanol–water partition coefficient (Wildman–Crippen LogP) is 1.44. The average molecular weight is 239 g/mol. The third-order valence-electron chi connectivity index (χ3n) is 2.40. The van der Waals surface area contributed by atoms with Crippen LogP contribution in [0.25, 0.3) is 0 Å². The van der Waals surface area contributed by atoms with Crippen LogP contribution in [0.1, 0.15) is 18.5 Å². The predicted molar refractivity (Wildman–Crippen MR) is 63.6 cm³/mol. The van der Waals surface area contributed by atoms with Gasteiger partial charge in [0.2, 0.25) is 0 Å². The van der Waals surface area contributed by atoms with E-state index in [9.17, 15) is 4.79 Å². The summed E-state index contributed by atoms with van der Waals surface area (Å²) in [6.07, 6.45) is 0. The van der Waals surface area contributed by atoms with Gasteiger partial charge in [-0.15, -0.1) is 0 Å². The van der Waals surface area contributed by atoms with Gasteiger partial charge in [0.25, 0.3) is 0 Å². The maximum atomic E-state index is 11.1. The molecule has 0 bridgehead atoms. The molecule has 0 spiro atoms. The molecule has 0 aliphatic rings. The molecule has 0 saturated carbocycles. The molecule has 5 nitrogen and oxygen atoms in total. The Kier molecular flexibility index (Phi) is 4.78. The normalized spacial score (nSPS) is 11.9. The summed E-state index contributed by atoms with van der Waals surface area (Å²) in [5.41, 5.74) is 0.636. The minimum Gasteiger partial charge on any atom is -0.493 e. The van der Waals surface area contributed by atoms with Crippen molar-refractivity contribution in [3.8, 4) is 11.5 Å². The van der Waals surface area contributed by atoms with Gasteiger partial charge in [-0.05, 0) is 24.2 Å². The summed E-state index contributed by atoms with van der Waals surface area (Å²) < 4.78 is 10.2. The van der Waals surface area contributed by atoms with Gasteiger partial charge in [0.15, 0.2) is 11.5 Å². The van der Waals surface area contributed by atoms with Crippen LogP contribution in [0.4, 0.5) is 0 Å². The molecule has 0 aliphatic heterocycles. The molecule has 1 rings (SSSR count). The van der Waals surface area contributed by atoms with Crippen LogP contribution in [0.15, 0.2) is 18.2 Å². The first-order chi connectivity index (χ1) is 8.13. The van der Waals surface area contributed by atoms with Crippen molar-refractivity contribution in [2.75, 3.05) is 20.8 Å². The Balaban J connectivity index is 3.08. The first-order valence-electron chi connectivity index (χ1n) is 5.32. The smallest absolute Gasteiger partial charge is 0.325 e. The first kappa shape index (κ1) is 13.3. The van der Waals surface area contributed by atoms with Crippen LogP contribution in [0.3, 0.4) is 0 Å². The van der Waals surface area contributed by atoms with E-state index in [1.54, 1.807) is 18.2 Å². The second kappa shape index (κ2) is 6.10. The van der Waals surface area contributed by atoms with Crippen molar-refractivity contribution in [2.45, 2.75) is 13.0 Å². The van der Waals surface area contributed by atoms with Crippen molar-refractivity contribution in [3.05, 3.63) is 23.8 Å². The van der Waals surface area contributed by atoms with Gasteiger partial charge < -0.3 is 19.9 Å². The van der Waals surface area contributed by atoms with Crippen LogP contribution < -0.4 is 14.8 Å². The highest BCUT2D eigenvalue weighted by Gasteiger charge is 2.19. The second-order valence-electron chi connectivity index (χ2n) is 3.44. The van der Waals surface area contributed by atoms with Crippen molar-refractivity contribution in [1.82, 2.24) is 5.32 Å². The van der Waals surface area contributed by atoms with Gasteiger partial charge in [-0.25, -0.2) is 0 Å². The molecule has 0 aliphatic carbocycles. The van der Waals surface area contributed by atoms with Crippen molar-refractivity contribution in [1.29, 1.82) is 0 Å². The quantitative estimate of drug-likeness (QED) is 0.786. The van der Waals surface area contributed by atoms with Gasteiger partial charge >= 0.3 is 5.97 Å². The SMILES string of the molecule is CCNC(C(=O)O)c1ccc(OC)c(OC)c1. The average Bonchev–Trinajstić information content (AvgIpc) is 2.34. The minimum atomic E-state index is -0.918. The zero-order valence-corrected chi connectivity index (χ0v) is 10.2. The highest BCUT2D eigenvalue weighted by atomic mass is 16.5. The fraction of sp³-hybridized carbons (Fsp3) is 0.417. The second-order valence-corrected chi connectivity index (χ2v) is 3.44. The zero-order chi connectivity index (χ0) is 12.8. The van der Waals surface area contributed by atoms with Gasteiger partial charge in [0, 0.05) is 0 Å². The number of ether oxygens (including phenoxy) is 2. The number of likely N-dealkylation sites (N-methyl/N-ethyl adjacent to an activating group) is 1. The lowest BCUT2D eigenvalue weighted by atomic mass is 10.1. The number of carboxylic acids is 1. The van der Waals surface area contributed by atoms with Crippen LogP contribution >= 0.6 is 0 Å². The van der Waals surface area contributed by atoms with Crippen LogP contribution in [0.2, 0.25) is 0 Å². The van der Waals surface area contributed by atoms with Crippen molar-refractivity contribution in [3.63, 3.8) is 0 Å². The molecular weight excluding hydrogens is 222 g/mol. The molecule has 0 heterocycles. The van der Waals surface area contributed by atoms with E-state index in [0.717, 1.165) is 0 Å². The van der Waals surface area contributed by atoms with Crippen molar-refractivity contribution < 1.29 is 19.4 Å². The molecule has 1 aromatic rings. The summed E-state index contributed by atoms with van der Waals surface area (Å²) in [6.45, 7) is 2.43. The molecular formula is C12H17NO4. The van der Waals surface area contributed by atoms with E-state index in [0.29, 0.717) is 23.6 Å². The van der Waals surface area contributed by atoms with Crippen LogP contribution in [-0.4, -0.2) is 31.8 Å². The van der Waals surface area contributed by atoms with E-state index in [1.807, 2.05) is 6.92 Å². The molecule has 0 amide bonds. The van der Waals surface area contributed by atoms with Crippen molar-refractivity contribution >= 4 is 5.97 Å². The van der Waals surface area contributed by atoms with Gasteiger partial charge in [-0.3, -0.25) is 4.79 Å². The molecule has 17 heavy (non-hydrogen) atoms. The summed E-state index contributed by atoms with van der Waals surface area (Å²) in [6, 6.07) is 4.34. The van der Waals surface area contributed by atoms with E-state index >= 15 is 0 Å². The van der Waals surface area contributed by atoms with Crippen molar-refractivity contribution in [2.24, 2.45) is 0 Å². The third kappa shape index (κ3) is 3.10. The highest BCUT2D eigenvalue weighted by molar-refractivity contribution is 5.76. The Hall–Kier alpha value is -1.75. The lowest BCUT2D eigenvalue weighted by Gasteiger charge is -2.15. The first-order valence-corrected chi connectivity index (χ1v) is 5.32.